The average Bonchev–Trinajstić information content (AvgIpc) is 2.50. The van der Waals surface area contributed by atoms with Gasteiger partial charge in [0.2, 0.25) is 0 Å². The molecule has 0 atom stereocenters. The van der Waals surface area contributed by atoms with Crippen LogP contribution in [0.15, 0.2) is 34.9 Å². The van der Waals surface area contributed by atoms with Crippen LogP contribution in [-0.4, -0.2) is 0 Å². The van der Waals surface area contributed by atoms with Gasteiger partial charge in [0.1, 0.15) is 5.58 Å². The summed E-state index contributed by atoms with van der Waals surface area (Å²) in [5.41, 5.74) is 2.19. The van der Waals surface area contributed by atoms with Crippen LogP contribution in [0.4, 0.5) is 0 Å². The summed E-state index contributed by atoms with van der Waals surface area (Å²) in [6.07, 6.45) is 3.79. The number of hydrogen-bond acceptors (Lipinski definition) is 1. The van der Waals surface area contributed by atoms with E-state index in [2.05, 4.69) is 12.5 Å². The smallest absolute Gasteiger partial charge is 0.133 e. The molecule has 1 heterocycles. The molecule has 55 valence electrons. The van der Waals surface area contributed by atoms with E-state index in [1.165, 1.54) is 10.9 Å². The van der Waals surface area contributed by atoms with Crippen LogP contribution in [-0.2, 0) is 0 Å². The van der Waals surface area contributed by atoms with E-state index in [1.807, 2.05) is 25.1 Å². The van der Waals surface area contributed by atoms with Crippen molar-refractivity contribution in [3.05, 3.63) is 42.5 Å². The zero-order valence-corrected chi connectivity index (χ0v) is 6.37. The van der Waals surface area contributed by atoms with Crippen LogP contribution in [0, 0.1) is 6.42 Å². The van der Waals surface area contributed by atoms with Gasteiger partial charge in [0.25, 0.3) is 0 Å². The van der Waals surface area contributed by atoms with Crippen LogP contribution in [0.1, 0.15) is 12.5 Å². The molecule has 0 spiro atoms. The Hall–Kier alpha value is -1.24. The third-order valence-corrected chi connectivity index (χ3v) is 1.81. The lowest BCUT2D eigenvalue weighted by molar-refractivity contribution is 0.616. The van der Waals surface area contributed by atoms with Crippen molar-refractivity contribution in [1.82, 2.24) is 0 Å². The monoisotopic (exact) mass is 145 g/mol. The van der Waals surface area contributed by atoms with E-state index in [1.54, 1.807) is 6.26 Å². The van der Waals surface area contributed by atoms with Gasteiger partial charge in [0.05, 0.1) is 6.26 Å². The quantitative estimate of drug-likeness (QED) is 0.601. The van der Waals surface area contributed by atoms with Crippen molar-refractivity contribution in [1.29, 1.82) is 0 Å². The predicted molar refractivity (Wildman–Crippen MR) is 45.3 cm³/mol. The van der Waals surface area contributed by atoms with E-state index in [-0.39, 0.29) is 0 Å². The lowest BCUT2D eigenvalue weighted by Gasteiger charge is -1.93. The Morgan fingerprint density at radius 2 is 2.18 bits per heavy atom. The van der Waals surface area contributed by atoms with E-state index >= 15 is 0 Å². The molecule has 1 aromatic heterocycles. The molecule has 0 aliphatic heterocycles. The summed E-state index contributed by atoms with van der Waals surface area (Å²) >= 11 is 0. The van der Waals surface area contributed by atoms with Gasteiger partial charge >= 0.3 is 0 Å². The second kappa shape index (κ2) is 2.42. The van der Waals surface area contributed by atoms with E-state index in [0.717, 1.165) is 5.58 Å². The zero-order chi connectivity index (χ0) is 7.68. The maximum Gasteiger partial charge on any atom is 0.133 e. The Kier molecular flexibility index (Phi) is 1.42. The first-order valence-electron chi connectivity index (χ1n) is 3.67. The van der Waals surface area contributed by atoms with Gasteiger partial charge in [-0.15, -0.1) is 0 Å². The normalized spacial score (nSPS) is 10.6. The van der Waals surface area contributed by atoms with Crippen molar-refractivity contribution in [3.8, 4) is 0 Å². The molecule has 0 aliphatic carbocycles. The van der Waals surface area contributed by atoms with E-state index in [4.69, 9.17) is 4.42 Å². The Morgan fingerprint density at radius 1 is 1.27 bits per heavy atom. The summed E-state index contributed by atoms with van der Waals surface area (Å²) in [5.74, 6) is 0. The molecule has 11 heavy (non-hydrogen) atoms. The molecule has 2 aromatic rings. The Labute approximate surface area is 65.6 Å². The van der Waals surface area contributed by atoms with E-state index < -0.39 is 0 Å². The molecular formula is C10H9O. The van der Waals surface area contributed by atoms with Gasteiger partial charge in [-0.2, -0.15) is 0 Å². The Bertz CT molecular complexity index is 360. The minimum absolute atomic E-state index is 0.954. The largest absolute Gasteiger partial charge is 0.464 e. The first-order valence-corrected chi connectivity index (χ1v) is 3.67. The molecule has 0 saturated heterocycles. The van der Waals surface area contributed by atoms with Crippen LogP contribution in [0.25, 0.3) is 11.0 Å². The van der Waals surface area contributed by atoms with Gasteiger partial charge in [0.15, 0.2) is 0 Å². The van der Waals surface area contributed by atoms with Crippen LogP contribution in [0.3, 0.4) is 0 Å². The summed E-state index contributed by atoms with van der Waals surface area (Å²) in [6, 6.07) is 8.12. The summed E-state index contributed by atoms with van der Waals surface area (Å²) in [6.45, 7) is 2.03. The number of furan rings is 1. The standard InChI is InChI=1S/C10H9O/c1-2-8-3-4-10-9(7-8)5-6-11-10/h2-7H,1H3. The zero-order valence-electron chi connectivity index (χ0n) is 6.37. The number of rotatable bonds is 1. The van der Waals surface area contributed by atoms with Gasteiger partial charge in [-0.1, -0.05) is 13.0 Å². The lowest BCUT2D eigenvalue weighted by atomic mass is 10.1. The fourth-order valence-corrected chi connectivity index (χ4v) is 1.16. The molecule has 0 N–H and O–H groups in total. The van der Waals surface area contributed by atoms with E-state index in [9.17, 15) is 0 Å². The highest BCUT2D eigenvalue weighted by Crippen LogP contribution is 2.17. The number of fused-ring (bicyclic) bond motifs is 1. The average molecular weight is 145 g/mol. The van der Waals surface area contributed by atoms with Crippen molar-refractivity contribution >= 4 is 11.0 Å². The first-order chi connectivity index (χ1) is 5.40. The van der Waals surface area contributed by atoms with E-state index in [0.29, 0.717) is 0 Å². The van der Waals surface area contributed by atoms with Crippen LogP contribution >= 0.6 is 0 Å². The Morgan fingerprint density at radius 3 is 3.00 bits per heavy atom. The van der Waals surface area contributed by atoms with Crippen molar-refractivity contribution < 1.29 is 4.42 Å². The summed E-state index contributed by atoms with van der Waals surface area (Å²) in [4.78, 5) is 0. The molecule has 1 heteroatoms. The molecule has 0 bridgehead atoms. The van der Waals surface area contributed by atoms with Crippen molar-refractivity contribution in [2.24, 2.45) is 0 Å². The second-order valence-corrected chi connectivity index (χ2v) is 2.51. The Balaban J connectivity index is 2.67. The summed E-state index contributed by atoms with van der Waals surface area (Å²) in [5, 5.41) is 1.17. The highest BCUT2D eigenvalue weighted by molar-refractivity contribution is 5.78. The van der Waals surface area contributed by atoms with Gasteiger partial charge in [0, 0.05) is 5.39 Å². The van der Waals surface area contributed by atoms with Gasteiger partial charge < -0.3 is 4.42 Å². The summed E-state index contributed by atoms with van der Waals surface area (Å²) < 4.78 is 5.20. The molecule has 0 aliphatic rings. The topological polar surface area (TPSA) is 13.1 Å². The third-order valence-electron chi connectivity index (χ3n) is 1.81. The van der Waals surface area contributed by atoms with Gasteiger partial charge in [-0.05, 0) is 30.2 Å². The molecule has 1 nitrogen and oxygen atoms in total. The SMILES string of the molecule is C[CH]c1ccc2occc2c1. The van der Waals surface area contributed by atoms with Crippen molar-refractivity contribution in [3.63, 3.8) is 0 Å². The fourth-order valence-electron chi connectivity index (χ4n) is 1.16. The molecule has 1 aromatic carbocycles. The van der Waals surface area contributed by atoms with Gasteiger partial charge in [-0.3, -0.25) is 0 Å². The highest BCUT2D eigenvalue weighted by atomic mass is 16.3. The highest BCUT2D eigenvalue weighted by Gasteiger charge is 1.95. The number of hydrogen-bond donors (Lipinski definition) is 0. The maximum atomic E-state index is 5.20. The molecule has 0 saturated carbocycles. The molecule has 1 radical (unpaired) electrons. The van der Waals surface area contributed by atoms with Crippen molar-refractivity contribution in [2.75, 3.05) is 0 Å². The molecule has 0 amide bonds. The fraction of sp³-hybridized carbons (Fsp3) is 0.100. The van der Waals surface area contributed by atoms with Crippen LogP contribution in [0.2, 0.25) is 0 Å². The molecular weight excluding hydrogens is 136 g/mol. The van der Waals surface area contributed by atoms with Crippen LogP contribution in [0.5, 0.6) is 0 Å². The first kappa shape index (κ1) is 6.47. The second-order valence-electron chi connectivity index (χ2n) is 2.51. The van der Waals surface area contributed by atoms with Crippen molar-refractivity contribution in [2.45, 2.75) is 6.92 Å². The number of benzene rings is 1. The molecule has 0 fully saturated rings. The summed E-state index contributed by atoms with van der Waals surface area (Å²) in [7, 11) is 0. The molecule has 2 rings (SSSR count). The lowest BCUT2D eigenvalue weighted by Crippen LogP contribution is -1.74. The predicted octanol–water partition coefficient (Wildman–Crippen LogP) is 3.01. The minimum Gasteiger partial charge on any atom is -0.464 e. The van der Waals surface area contributed by atoms with Crippen LogP contribution < -0.4 is 0 Å². The maximum absolute atomic E-state index is 5.20. The molecule has 0 unspecified atom stereocenters. The minimum atomic E-state index is 0.954. The van der Waals surface area contributed by atoms with Gasteiger partial charge in [-0.25, -0.2) is 0 Å². The third kappa shape index (κ3) is 1.03.